The lowest BCUT2D eigenvalue weighted by Crippen LogP contribution is -2.44. The topological polar surface area (TPSA) is 52.6 Å². The molecule has 0 N–H and O–H groups in total. The minimum atomic E-state index is -4.72. The molecule has 1 rings (SSSR count). The lowest BCUT2D eigenvalue weighted by molar-refractivity contribution is -0.231. The van der Waals surface area contributed by atoms with E-state index in [1.165, 1.54) is 6.92 Å². The molecule has 0 aromatic rings. The molecule has 0 amide bonds. The van der Waals surface area contributed by atoms with E-state index < -0.39 is 42.2 Å². The first-order valence-corrected chi connectivity index (χ1v) is 7.00. The van der Waals surface area contributed by atoms with Gasteiger partial charge in [0.05, 0.1) is 0 Å². The smallest absolute Gasteiger partial charge is 0.404 e. The quantitative estimate of drug-likeness (QED) is 0.730. The number of rotatable bonds is 5. The van der Waals surface area contributed by atoms with Gasteiger partial charge >= 0.3 is 18.1 Å². The Labute approximate surface area is 122 Å². The van der Waals surface area contributed by atoms with Crippen LogP contribution in [0.15, 0.2) is 0 Å². The van der Waals surface area contributed by atoms with Crippen molar-refractivity contribution < 1.29 is 32.2 Å². The fourth-order valence-corrected chi connectivity index (χ4v) is 2.27. The highest BCUT2D eigenvalue weighted by Gasteiger charge is 2.56. The van der Waals surface area contributed by atoms with Crippen LogP contribution in [-0.4, -0.2) is 30.3 Å². The molecular weight excluding hydrogens is 289 g/mol. The summed E-state index contributed by atoms with van der Waals surface area (Å²) < 4.78 is 48.2. The van der Waals surface area contributed by atoms with Crippen molar-refractivity contribution in [3.63, 3.8) is 0 Å². The molecule has 1 unspecified atom stereocenters. The van der Waals surface area contributed by atoms with Crippen molar-refractivity contribution in [3.05, 3.63) is 0 Å². The Morgan fingerprint density at radius 3 is 2.14 bits per heavy atom. The van der Waals surface area contributed by atoms with Gasteiger partial charge in [0.1, 0.15) is 5.60 Å². The zero-order valence-electron chi connectivity index (χ0n) is 12.5. The number of carbonyl (C=O) groups excluding carboxylic acids is 2. The highest BCUT2D eigenvalue weighted by atomic mass is 19.4. The van der Waals surface area contributed by atoms with E-state index >= 15 is 0 Å². The summed E-state index contributed by atoms with van der Waals surface area (Å²) in [7, 11) is 0. The fraction of sp³-hybridized carbons (Fsp3) is 0.857. The maximum atomic E-state index is 12.9. The summed E-state index contributed by atoms with van der Waals surface area (Å²) in [6.45, 7) is 2.98. The molecule has 21 heavy (non-hydrogen) atoms. The maximum Gasteiger partial charge on any atom is 0.404 e. The molecule has 1 aliphatic carbocycles. The van der Waals surface area contributed by atoms with Gasteiger partial charge in [-0.1, -0.05) is 6.92 Å². The van der Waals surface area contributed by atoms with E-state index in [0.717, 1.165) is 19.8 Å². The van der Waals surface area contributed by atoms with Crippen LogP contribution in [0.1, 0.15) is 52.9 Å². The molecule has 0 heterocycles. The van der Waals surface area contributed by atoms with E-state index in [4.69, 9.17) is 4.74 Å². The number of ether oxygens (including phenoxy) is 2. The molecule has 0 aromatic carbocycles. The van der Waals surface area contributed by atoms with Gasteiger partial charge in [0.2, 0.25) is 0 Å². The molecule has 4 nitrogen and oxygen atoms in total. The van der Waals surface area contributed by atoms with Gasteiger partial charge in [0.15, 0.2) is 12.0 Å². The number of hydrogen-bond acceptors (Lipinski definition) is 4. The summed E-state index contributed by atoms with van der Waals surface area (Å²) in [5, 5.41) is 0. The van der Waals surface area contributed by atoms with Gasteiger partial charge in [0, 0.05) is 0 Å². The van der Waals surface area contributed by atoms with Crippen LogP contribution in [0, 0.1) is 5.41 Å². The zero-order valence-corrected chi connectivity index (χ0v) is 12.5. The minimum absolute atomic E-state index is 0.456. The molecule has 0 saturated heterocycles. The van der Waals surface area contributed by atoms with E-state index in [1.807, 2.05) is 0 Å². The van der Waals surface area contributed by atoms with Gasteiger partial charge in [-0.15, -0.1) is 0 Å². The van der Waals surface area contributed by atoms with Crippen molar-refractivity contribution in [1.82, 2.24) is 0 Å². The van der Waals surface area contributed by atoms with Gasteiger partial charge in [-0.3, -0.25) is 4.79 Å². The van der Waals surface area contributed by atoms with Crippen molar-refractivity contribution in [2.75, 3.05) is 6.61 Å². The normalized spacial score (nSPS) is 20.7. The minimum Gasteiger partial charge on any atom is -0.457 e. The van der Waals surface area contributed by atoms with E-state index in [9.17, 15) is 22.8 Å². The Hall–Kier alpha value is -1.27. The van der Waals surface area contributed by atoms with Gasteiger partial charge < -0.3 is 9.47 Å². The molecule has 122 valence electrons. The summed E-state index contributed by atoms with van der Waals surface area (Å²) in [5.41, 5.74) is -3.20. The number of alkyl halides is 3. The van der Waals surface area contributed by atoms with Crippen LogP contribution in [-0.2, 0) is 19.1 Å². The molecule has 0 aliphatic heterocycles. The van der Waals surface area contributed by atoms with Crippen LogP contribution in [0.3, 0.4) is 0 Å². The van der Waals surface area contributed by atoms with Crippen LogP contribution < -0.4 is 0 Å². The third-order valence-corrected chi connectivity index (χ3v) is 4.13. The molecule has 1 aliphatic rings. The average Bonchev–Trinajstić information content (AvgIpc) is 2.79. The maximum absolute atomic E-state index is 12.9. The molecule has 0 aromatic heterocycles. The van der Waals surface area contributed by atoms with Crippen LogP contribution in [0.4, 0.5) is 13.2 Å². The molecule has 1 saturated carbocycles. The number of carbonyl (C=O) groups is 2. The Kier molecular flexibility index (Phi) is 5.28. The van der Waals surface area contributed by atoms with Crippen LogP contribution in [0.25, 0.3) is 0 Å². The molecule has 0 spiro atoms. The van der Waals surface area contributed by atoms with Crippen molar-refractivity contribution in [2.45, 2.75) is 64.7 Å². The van der Waals surface area contributed by atoms with Crippen LogP contribution in [0.2, 0.25) is 0 Å². The first-order chi connectivity index (χ1) is 9.54. The number of hydrogen-bond donors (Lipinski definition) is 0. The highest BCUT2D eigenvalue weighted by Crippen LogP contribution is 2.41. The van der Waals surface area contributed by atoms with Crippen molar-refractivity contribution in [2.24, 2.45) is 5.41 Å². The molecule has 1 fully saturated rings. The van der Waals surface area contributed by atoms with Crippen LogP contribution >= 0.6 is 0 Å². The van der Waals surface area contributed by atoms with Gasteiger partial charge in [-0.05, 0) is 46.0 Å². The van der Waals surface area contributed by atoms with Crippen LogP contribution in [0.5, 0.6) is 0 Å². The Balaban J connectivity index is 2.54. The van der Waals surface area contributed by atoms with E-state index in [-0.39, 0.29) is 0 Å². The summed E-state index contributed by atoms with van der Waals surface area (Å²) in [5.74, 6) is -2.26. The third-order valence-electron chi connectivity index (χ3n) is 4.13. The predicted molar refractivity (Wildman–Crippen MR) is 68.4 cm³/mol. The number of esters is 2. The van der Waals surface area contributed by atoms with Crippen molar-refractivity contribution >= 4 is 11.9 Å². The number of halogens is 3. The largest absolute Gasteiger partial charge is 0.457 e. The van der Waals surface area contributed by atoms with E-state index in [2.05, 4.69) is 4.74 Å². The molecule has 1 atom stereocenters. The lowest BCUT2D eigenvalue weighted by Gasteiger charge is -2.28. The Bertz CT molecular complexity index is 400. The molecule has 7 heteroatoms. The summed E-state index contributed by atoms with van der Waals surface area (Å²) in [6.07, 6.45) is -1.89. The lowest BCUT2D eigenvalue weighted by atomic mass is 9.87. The SMILES string of the molecule is CCC(C)(C(=O)OCC(=O)OC1(C)CCCC1)C(F)(F)F. The average molecular weight is 310 g/mol. The van der Waals surface area contributed by atoms with Gasteiger partial charge in [-0.2, -0.15) is 13.2 Å². The standard InChI is InChI=1S/C14H21F3O4/c1-4-13(3,14(15,16)17)11(19)20-9-10(18)21-12(2)7-5-6-8-12/h4-9H2,1-3H3. The molecule has 0 radical (unpaired) electrons. The Morgan fingerprint density at radius 2 is 1.71 bits per heavy atom. The summed E-state index contributed by atoms with van der Waals surface area (Å²) in [4.78, 5) is 23.2. The Morgan fingerprint density at radius 1 is 1.19 bits per heavy atom. The molecule has 0 bridgehead atoms. The second kappa shape index (κ2) is 6.23. The highest BCUT2D eigenvalue weighted by molar-refractivity contribution is 5.81. The molecular formula is C14H21F3O4. The van der Waals surface area contributed by atoms with Gasteiger partial charge in [-0.25, -0.2) is 4.79 Å². The predicted octanol–water partition coefficient (Wildman–Crippen LogP) is 3.38. The zero-order chi connectivity index (χ0) is 16.3. The fourth-order valence-electron chi connectivity index (χ4n) is 2.27. The first kappa shape index (κ1) is 17.8. The first-order valence-electron chi connectivity index (χ1n) is 7.00. The van der Waals surface area contributed by atoms with Gasteiger partial charge in [0.25, 0.3) is 0 Å². The second-order valence-corrected chi connectivity index (χ2v) is 5.89. The van der Waals surface area contributed by atoms with Crippen molar-refractivity contribution in [3.8, 4) is 0 Å². The van der Waals surface area contributed by atoms with E-state index in [0.29, 0.717) is 12.8 Å². The monoisotopic (exact) mass is 310 g/mol. The summed E-state index contributed by atoms with van der Waals surface area (Å²) >= 11 is 0. The second-order valence-electron chi connectivity index (χ2n) is 5.89. The third kappa shape index (κ3) is 4.11. The van der Waals surface area contributed by atoms with Crippen molar-refractivity contribution in [1.29, 1.82) is 0 Å². The summed E-state index contributed by atoms with van der Waals surface area (Å²) in [6, 6.07) is 0. The van der Waals surface area contributed by atoms with E-state index in [1.54, 1.807) is 6.92 Å².